The minimum Gasteiger partial charge on any atom is -0.466 e. The van der Waals surface area contributed by atoms with Crippen molar-refractivity contribution in [2.45, 2.75) is 144 Å². The van der Waals surface area contributed by atoms with Crippen LogP contribution in [0.1, 0.15) is 132 Å². The highest BCUT2D eigenvalue weighted by atomic mass is 16.5. The minimum absolute atomic E-state index is 0.0830. The minimum atomic E-state index is -0.101. The highest BCUT2D eigenvalue weighted by Crippen LogP contribution is 2.68. The monoisotopic (exact) mass is 603 g/mol. The average molecular weight is 603 g/mol. The van der Waals surface area contributed by atoms with Crippen molar-refractivity contribution in [3.05, 3.63) is 0 Å². The Morgan fingerprint density at radius 1 is 0.791 bits per heavy atom. The van der Waals surface area contributed by atoms with Crippen LogP contribution in [0.4, 0.5) is 0 Å². The molecule has 0 radical (unpaired) electrons. The van der Waals surface area contributed by atoms with Crippen LogP contribution in [0.25, 0.3) is 0 Å². The summed E-state index contributed by atoms with van der Waals surface area (Å²) in [5.41, 5.74) is 0.820. The Balaban J connectivity index is 1.48. The molecule has 4 fully saturated rings. The molecule has 10 atom stereocenters. The second kappa shape index (κ2) is 15.4. The van der Waals surface area contributed by atoms with Crippen LogP contribution < -0.4 is 10.6 Å². The SMILES string of the molecule is CCOC(=O)CCN[C@@H]1CC[C@]2(C)C3CC[C@@]4(C)C(CC[C@@H]4[C@H](C)CCCC(C)C)C3[C@H](NCCC(=O)OCC)C[C@H]2C1. The third kappa shape index (κ3) is 7.99. The van der Waals surface area contributed by atoms with E-state index in [1.807, 2.05) is 13.8 Å². The van der Waals surface area contributed by atoms with Gasteiger partial charge >= 0.3 is 11.9 Å². The van der Waals surface area contributed by atoms with E-state index in [1.165, 1.54) is 70.6 Å². The normalized spacial score (nSPS) is 37.7. The fourth-order valence-corrected chi connectivity index (χ4v) is 10.9. The van der Waals surface area contributed by atoms with E-state index in [0.717, 1.165) is 36.1 Å². The summed E-state index contributed by atoms with van der Waals surface area (Å²) in [6.45, 7) is 18.7. The van der Waals surface area contributed by atoms with Gasteiger partial charge in [0.25, 0.3) is 0 Å². The molecule has 43 heavy (non-hydrogen) atoms. The lowest BCUT2D eigenvalue weighted by Crippen LogP contribution is -2.62. The fraction of sp³-hybridized carbons (Fsp3) is 0.946. The van der Waals surface area contributed by atoms with E-state index in [-0.39, 0.29) is 11.9 Å². The lowest BCUT2D eigenvalue weighted by Gasteiger charge is -2.63. The van der Waals surface area contributed by atoms with Gasteiger partial charge < -0.3 is 20.1 Å². The van der Waals surface area contributed by atoms with Crippen LogP contribution in [0.2, 0.25) is 0 Å². The highest BCUT2D eigenvalue weighted by Gasteiger charge is 2.62. The molecule has 0 aliphatic heterocycles. The Bertz CT molecular complexity index is 909. The van der Waals surface area contributed by atoms with Gasteiger partial charge in [-0.05, 0) is 117 Å². The number of hydrogen-bond donors (Lipinski definition) is 2. The van der Waals surface area contributed by atoms with Crippen molar-refractivity contribution in [3.8, 4) is 0 Å². The van der Waals surface area contributed by atoms with Crippen molar-refractivity contribution in [1.82, 2.24) is 10.6 Å². The van der Waals surface area contributed by atoms with Gasteiger partial charge in [-0.3, -0.25) is 9.59 Å². The molecule has 4 aliphatic carbocycles. The summed E-state index contributed by atoms with van der Waals surface area (Å²) in [4.78, 5) is 24.2. The van der Waals surface area contributed by atoms with Gasteiger partial charge in [0, 0.05) is 25.2 Å². The largest absolute Gasteiger partial charge is 0.466 e. The van der Waals surface area contributed by atoms with Gasteiger partial charge in [-0.1, -0.05) is 53.9 Å². The van der Waals surface area contributed by atoms with E-state index < -0.39 is 0 Å². The van der Waals surface area contributed by atoms with Crippen molar-refractivity contribution >= 4 is 11.9 Å². The number of nitrogens with one attached hydrogen (secondary N) is 2. The summed E-state index contributed by atoms with van der Waals surface area (Å²) in [7, 11) is 0. The van der Waals surface area contributed by atoms with Gasteiger partial charge in [0.2, 0.25) is 0 Å². The first kappa shape index (κ1) is 34.7. The molecule has 6 heteroatoms. The summed E-state index contributed by atoms with van der Waals surface area (Å²) in [6, 6.07) is 0.941. The number of fused-ring (bicyclic) bond motifs is 5. The number of carbonyl (C=O) groups excluding carboxylic acids is 2. The Morgan fingerprint density at radius 3 is 2.07 bits per heavy atom. The quantitative estimate of drug-likeness (QED) is 0.189. The molecular formula is C37H66N2O4. The maximum absolute atomic E-state index is 12.3. The molecule has 0 aromatic carbocycles. The second-order valence-electron chi connectivity index (χ2n) is 15.9. The molecule has 4 saturated carbocycles. The standard InChI is InChI=1S/C37H66N2O4/c1-8-42-33(40)17-21-38-28-15-19-36(6)27(23-28)24-32(39-22-18-34(41)43-9-2)35-30-14-13-29(26(5)12-10-11-25(3)4)37(30,7)20-16-31(35)36/h25-32,35,38-39H,8-24H2,1-7H3/t26-,27-,28-,29-,30?,31?,32-,35?,36+,37-/m1/s1. The van der Waals surface area contributed by atoms with Crippen molar-refractivity contribution in [2.24, 2.45) is 52.3 Å². The molecule has 0 amide bonds. The number of hydrogen-bond acceptors (Lipinski definition) is 6. The highest BCUT2D eigenvalue weighted by molar-refractivity contribution is 5.69. The van der Waals surface area contributed by atoms with Crippen LogP contribution >= 0.6 is 0 Å². The van der Waals surface area contributed by atoms with E-state index in [2.05, 4.69) is 45.3 Å². The van der Waals surface area contributed by atoms with E-state index in [9.17, 15) is 9.59 Å². The first-order valence-electron chi connectivity index (χ1n) is 18.3. The van der Waals surface area contributed by atoms with Crippen LogP contribution in [-0.4, -0.2) is 50.3 Å². The second-order valence-corrected chi connectivity index (χ2v) is 15.9. The molecule has 6 nitrogen and oxygen atoms in total. The Hall–Kier alpha value is -1.14. The topological polar surface area (TPSA) is 76.7 Å². The molecule has 0 saturated heterocycles. The van der Waals surface area contributed by atoms with E-state index in [0.29, 0.717) is 67.3 Å². The van der Waals surface area contributed by atoms with Gasteiger partial charge in [-0.25, -0.2) is 0 Å². The first-order chi connectivity index (χ1) is 20.5. The predicted octanol–water partition coefficient (Wildman–Crippen LogP) is 7.54. The van der Waals surface area contributed by atoms with Crippen LogP contribution in [0.3, 0.4) is 0 Å². The number of ether oxygens (including phenoxy) is 2. The molecule has 2 N–H and O–H groups in total. The van der Waals surface area contributed by atoms with E-state index in [4.69, 9.17) is 9.47 Å². The fourth-order valence-electron chi connectivity index (χ4n) is 10.9. The smallest absolute Gasteiger partial charge is 0.307 e. The van der Waals surface area contributed by atoms with Crippen molar-refractivity contribution in [2.75, 3.05) is 26.3 Å². The van der Waals surface area contributed by atoms with Crippen LogP contribution in [-0.2, 0) is 19.1 Å². The van der Waals surface area contributed by atoms with Crippen LogP contribution in [0, 0.1) is 52.3 Å². The Labute approximate surface area is 264 Å². The summed E-state index contributed by atoms with van der Waals surface area (Å²) in [5.74, 6) is 5.16. The average Bonchev–Trinajstić information content (AvgIpc) is 3.31. The third-order valence-corrected chi connectivity index (χ3v) is 13.0. The van der Waals surface area contributed by atoms with Crippen LogP contribution in [0.5, 0.6) is 0 Å². The summed E-state index contributed by atoms with van der Waals surface area (Å²) in [5, 5.41) is 7.71. The molecule has 0 aromatic heterocycles. The number of esters is 2. The van der Waals surface area contributed by atoms with Crippen molar-refractivity contribution < 1.29 is 19.1 Å². The van der Waals surface area contributed by atoms with Crippen LogP contribution in [0.15, 0.2) is 0 Å². The number of rotatable bonds is 15. The molecule has 0 aromatic rings. The zero-order chi connectivity index (χ0) is 31.2. The Morgan fingerprint density at radius 2 is 1.42 bits per heavy atom. The van der Waals surface area contributed by atoms with Gasteiger partial charge in [0.05, 0.1) is 26.1 Å². The molecule has 4 aliphatic rings. The lowest BCUT2D eigenvalue weighted by atomic mass is 9.43. The zero-order valence-electron chi connectivity index (χ0n) is 28.8. The summed E-state index contributed by atoms with van der Waals surface area (Å²) >= 11 is 0. The van der Waals surface area contributed by atoms with E-state index >= 15 is 0 Å². The van der Waals surface area contributed by atoms with E-state index in [1.54, 1.807) is 0 Å². The zero-order valence-corrected chi connectivity index (χ0v) is 28.8. The molecule has 248 valence electrons. The molecule has 0 spiro atoms. The van der Waals surface area contributed by atoms with Gasteiger partial charge in [0.1, 0.15) is 0 Å². The molecular weight excluding hydrogens is 536 g/mol. The summed E-state index contributed by atoms with van der Waals surface area (Å²) in [6.07, 6.45) is 15.4. The third-order valence-electron chi connectivity index (χ3n) is 13.0. The molecule has 0 heterocycles. The maximum Gasteiger partial charge on any atom is 0.307 e. The maximum atomic E-state index is 12.3. The van der Waals surface area contributed by atoms with Gasteiger partial charge in [-0.15, -0.1) is 0 Å². The van der Waals surface area contributed by atoms with Gasteiger partial charge in [0.15, 0.2) is 0 Å². The lowest BCUT2D eigenvalue weighted by molar-refractivity contribution is -0.144. The van der Waals surface area contributed by atoms with Gasteiger partial charge in [-0.2, -0.15) is 0 Å². The number of carbonyl (C=O) groups is 2. The van der Waals surface area contributed by atoms with Crippen molar-refractivity contribution in [3.63, 3.8) is 0 Å². The Kier molecular flexibility index (Phi) is 12.5. The molecule has 0 bridgehead atoms. The molecule has 4 rings (SSSR count). The summed E-state index contributed by atoms with van der Waals surface area (Å²) < 4.78 is 10.4. The predicted molar refractivity (Wildman–Crippen MR) is 175 cm³/mol. The first-order valence-corrected chi connectivity index (χ1v) is 18.3. The van der Waals surface area contributed by atoms with Crippen molar-refractivity contribution in [1.29, 1.82) is 0 Å². The molecule has 3 unspecified atom stereocenters.